The molecule has 0 radical (unpaired) electrons. The summed E-state index contributed by atoms with van der Waals surface area (Å²) < 4.78 is 14.7. The Balaban J connectivity index is 0.00000280. The quantitative estimate of drug-likeness (QED) is 0.542. The summed E-state index contributed by atoms with van der Waals surface area (Å²) in [5, 5.41) is 11.5. The number of hydrogen-bond donors (Lipinski definition) is 2. The minimum Gasteiger partial charge on any atom is -0.385 e. The Labute approximate surface area is 175 Å². The van der Waals surface area contributed by atoms with E-state index >= 15 is 0 Å². The number of aliphatic hydroxyl groups is 1. The fourth-order valence-corrected chi connectivity index (χ4v) is 3.63. The molecule has 3 rings (SSSR count). The molecule has 7 heteroatoms. The minimum atomic E-state index is -1.32. The third-order valence-electron chi connectivity index (χ3n) is 5.25. The van der Waals surface area contributed by atoms with Crippen LogP contribution in [0.1, 0.15) is 35.2 Å². The van der Waals surface area contributed by atoms with Crippen LogP contribution in [0.5, 0.6) is 0 Å². The van der Waals surface area contributed by atoms with Gasteiger partial charge < -0.3 is 10.8 Å². The summed E-state index contributed by atoms with van der Waals surface area (Å²) in [5.74, 6) is -0.257. The molecule has 1 heterocycles. The number of carbonyl (C=O) groups is 1. The third kappa shape index (κ3) is 5.31. The van der Waals surface area contributed by atoms with Gasteiger partial charge in [0.25, 0.3) is 0 Å². The summed E-state index contributed by atoms with van der Waals surface area (Å²) in [6.07, 6.45) is -0.552. The number of benzene rings is 2. The Kier molecular flexibility index (Phi) is 7.98. The number of nitrogens with two attached hydrogens (primary N) is 1. The predicted octanol–water partition coefficient (Wildman–Crippen LogP) is 3.94. The molecule has 2 aromatic rings. The molecule has 28 heavy (non-hydrogen) atoms. The lowest BCUT2D eigenvalue weighted by molar-refractivity contribution is -0.0563. The van der Waals surface area contributed by atoms with Crippen molar-refractivity contribution in [1.82, 2.24) is 4.90 Å². The van der Waals surface area contributed by atoms with E-state index in [1.807, 2.05) is 6.07 Å². The smallest absolute Gasteiger partial charge is 0.179 e. The Morgan fingerprint density at radius 1 is 1.14 bits per heavy atom. The van der Waals surface area contributed by atoms with Crippen molar-refractivity contribution in [1.29, 1.82) is 0 Å². The van der Waals surface area contributed by atoms with Crippen molar-refractivity contribution in [2.24, 2.45) is 5.73 Å². The summed E-state index contributed by atoms with van der Waals surface area (Å²) in [5.41, 5.74) is 6.24. The Morgan fingerprint density at radius 2 is 1.71 bits per heavy atom. The van der Waals surface area contributed by atoms with Crippen molar-refractivity contribution in [3.63, 3.8) is 0 Å². The van der Waals surface area contributed by atoms with Gasteiger partial charge in [0, 0.05) is 30.1 Å². The van der Waals surface area contributed by atoms with Gasteiger partial charge in [-0.2, -0.15) is 0 Å². The van der Waals surface area contributed by atoms with Crippen LogP contribution in [0.2, 0.25) is 5.02 Å². The van der Waals surface area contributed by atoms with Crippen LogP contribution in [-0.4, -0.2) is 41.2 Å². The van der Waals surface area contributed by atoms with Gasteiger partial charge in [0.2, 0.25) is 0 Å². The van der Waals surface area contributed by atoms with Gasteiger partial charge in [-0.05, 0) is 30.5 Å². The van der Waals surface area contributed by atoms with Gasteiger partial charge in [-0.25, -0.2) is 4.39 Å². The van der Waals surface area contributed by atoms with E-state index in [9.17, 15) is 14.3 Å². The molecule has 0 saturated carbocycles. The number of nitrogens with zero attached hydrogens (tertiary/aromatic N) is 1. The molecule has 2 unspecified atom stereocenters. The molecule has 152 valence electrons. The maximum absolute atomic E-state index is 14.7. The molecule has 1 saturated heterocycles. The minimum absolute atomic E-state index is 0. The molecule has 4 nitrogen and oxygen atoms in total. The van der Waals surface area contributed by atoms with Crippen LogP contribution in [0.15, 0.2) is 54.6 Å². The zero-order valence-corrected chi connectivity index (χ0v) is 17.0. The first-order chi connectivity index (χ1) is 12.9. The number of rotatable bonds is 6. The molecule has 3 N–H and O–H groups in total. The Morgan fingerprint density at radius 3 is 2.29 bits per heavy atom. The van der Waals surface area contributed by atoms with Gasteiger partial charge >= 0.3 is 0 Å². The number of carbonyl (C=O) groups excluding carboxylic acids is 1. The largest absolute Gasteiger partial charge is 0.385 e. The van der Waals surface area contributed by atoms with E-state index in [0.717, 1.165) is 5.56 Å². The second-order valence-corrected chi connectivity index (χ2v) is 7.52. The number of ketones is 1. The van der Waals surface area contributed by atoms with E-state index < -0.39 is 17.9 Å². The SMILES string of the molecule is Cl.NC(CC(F)N1CCC(O)(c2ccc(Cl)cc2)CC1)C(=O)c1ccccc1. The number of hydrogen-bond acceptors (Lipinski definition) is 4. The topological polar surface area (TPSA) is 66.6 Å². The van der Waals surface area contributed by atoms with Crippen molar-refractivity contribution in [2.75, 3.05) is 13.1 Å². The van der Waals surface area contributed by atoms with Gasteiger partial charge in [0.15, 0.2) is 12.1 Å². The van der Waals surface area contributed by atoms with Crippen molar-refractivity contribution in [2.45, 2.75) is 37.2 Å². The standard InChI is InChI=1S/C21H24ClFN2O2.ClH/c22-17-8-6-16(7-9-17)21(27)10-12-25(13-11-21)19(23)14-18(24)20(26)15-4-2-1-3-5-15;/h1-9,18-19,27H,10-14,24H2;1H. The zero-order valence-electron chi connectivity index (χ0n) is 15.4. The van der Waals surface area contributed by atoms with Crippen LogP contribution < -0.4 is 5.73 Å². The highest BCUT2D eigenvalue weighted by Gasteiger charge is 2.36. The lowest BCUT2D eigenvalue weighted by Crippen LogP contribution is -2.48. The molecule has 1 aliphatic heterocycles. The van der Waals surface area contributed by atoms with Crippen molar-refractivity contribution in [3.05, 3.63) is 70.7 Å². The van der Waals surface area contributed by atoms with Crippen molar-refractivity contribution in [3.8, 4) is 0 Å². The highest BCUT2D eigenvalue weighted by atomic mass is 35.5. The molecule has 0 spiro atoms. The lowest BCUT2D eigenvalue weighted by atomic mass is 9.84. The van der Waals surface area contributed by atoms with Crippen LogP contribution in [0.4, 0.5) is 4.39 Å². The number of likely N-dealkylation sites (tertiary alicyclic amines) is 1. The summed E-state index contributed by atoms with van der Waals surface area (Å²) in [6, 6.07) is 14.9. The van der Waals surface area contributed by atoms with Gasteiger partial charge in [-0.3, -0.25) is 9.69 Å². The Bertz CT molecular complexity index is 766. The van der Waals surface area contributed by atoms with E-state index in [2.05, 4.69) is 0 Å². The van der Waals surface area contributed by atoms with Crippen molar-refractivity contribution < 1.29 is 14.3 Å². The summed E-state index contributed by atoms with van der Waals surface area (Å²) in [4.78, 5) is 14.0. The Hall–Kier alpha value is -1.50. The van der Waals surface area contributed by atoms with E-state index in [1.54, 1.807) is 53.4 Å². The second-order valence-electron chi connectivity index (χ2n) is 7.08. The molecular weight excluding hydrogens is 402 g/mol. The summed E-state index contributed by atoms with van der Waals surface area (Å²) in [6.45, 7) is 0.791. The van der Waals surface area contributed by atoms with Gasteiger partial charge in [-0.15, -0.1) is 12.4 Å². The van der Waals surface area contributed by atoms with Gasteiger partial charge in [-0.1, -0.05) is 54.1 Å². The fraction of sp³-hybridized carbons (Fsp3) is 0.381. The van der Waals surface area contributed by atoms with E-state index in [0.29, 0.717) is 36.5 Å². The highest BCUT2D eigenvalue weighted by Crippen LogP contribution is 2.34. The van der Waals surface area contributed by atoms with Gasteiger partial charge in [0.1, 0.15) is 0 Å². The van der Waals surface area contributed by atoms with E-state index in [-0.39, 0.29) is 24.6 Å². The third-order valence-corrected chi connectivity index (χ3v) is 5.50. The van der Waals surface area contributed by atoms with Crippen LogP contribution in [-0.2, 0) is 5.60 Å². The number of alkyl halides is 1. The molecule has 0 bridgehead atoms. The summed E-state index contributed by atoms with van der Waals surface area (Å²) in [7, 11) is 0. The average Bonchev–Trinajstić information content (AvgIpc) is 2.69. The average molecular weight is 427 g/mol. The first kappa shape index (κ1) is 22.8. The molecule has 0 aromatic heterocycles. The van der Waals surface area contributed by atoms with Gasteiger partial charge in [0.05, 0.1) is 11.6 Å². The van der Waals surface area contributed by atoms with Crippen molar-refractivity contribution >= 4 is 29.8 Å². The number of halogens is 3. The first-order valence-electron chi connectivity index (χ1n) is 9.10. The highest BCUT2D eigenvalue weighted by molar-refractivity contribution is 6.30. The zero-order chi connectivity index (χ0) is 19.4. The van der Waals surface area contributed by atoms with Crippen LogP contribution in [0.25, 0.3) is 0 Å². The fourth-order valence-electron chi connectivity index (χ4n) is 3.51. The summed E-state index contributed by atoms with van der Waals surface area (Å²) >= 11 is 5.90. The van der Waals surface area contributed by atoms with Crippen LogP contribution in [0, 0.1) is 0 Å². The molecule has 1 aliphatic rings. The monoisotopic (exact) mass is 426 g/mol. The molecular formula is C21H25Cl2FN2O2. The predicted molar refractivity (Wildman–Crippen MR) is 112 cm³/mol. The molecule has 1 fully saturated rings. The molecule has 2 aromatic carbocycles. The molecule has 2 atom stereocenters. The van der Waals surface area contributed by atoms with E-state index in [4.69, 9.17) is 17.3 Å². The normalized spacial score (nSPS) is 18.7. The first-order valence-corrected chi connectivity index (χ1v) is 9.48. The van der Waals surface area contributed by atoms with Crippen LogP contribution in [0.3, 0.4) is 0 Å². The molecule has 0 amide bonds. The second kappa shape index (κ2) is 9.81. The number of piperidine rings is 1. The maximum atomic E-state index is 14.7. The maximum Gasteiger partial charge on any atom is 0.179 e. The lowest BCUT2D eigenvalue weighted by Gasteiger charge is -2.40. The van der Waals surface area contributed by atoms with Crippen LogP contribution >= 0.6 is 24.0 Å². The van der Waals surface area contributed by atoms with E-state index in [1.165, 1.54) is 0 Å². The number of Topliss-reactive ketones (excluding diaryl/α,β-unsaturated/α-hetero) is 1. The molecule has 0 aliphatic carbocycles.